The lowest BCUT2D eigenvalue weighted by atomic mass is 9.97. The summed E-state index contributed by atoms with van der Waals surface area (Å²) in [6.07, 6.45) is 4.60. The van der Waals surface area contributed by atoms with Crippen molar-refractivity contribution in [3.63, 3.8) is 0 Å². The van der Waals surface area contributed by atoms with Crippen LogP contribution in [0.1, 0.15) is 12.8 Å². The van der Waals surface area contributed by atoms with Crippen LogP contribution in [0.25, 0.3) is 10.2 Å². The van der Waals surface area contributed by atoms with Gasteiger partial charge in [-0.25, -0.2) is 9.37 Å². The first kappa shape index (κ1) is 17.2. The van der Waals surface area contributed by atoms with Crippen LogP contribution in [0.5, 0.6) is 0 Å². The Morgan fingerprint density at radius 2 is 2.33 bits per heavy atom. The minimum absolute atomic E-state index is 0.0306. The molecule has 1 unspecified atom stereocenters. The van der Waals surface area contributed by atoms with Crippen LogP contribution in [0, 0.1) is 11.7 Å². The fourth-order valence-electron chi connectivity index (χ4n) is 2.90. The lowest BCUT2D eigenvalue weighted by Crippen LogP contribution is -2.43. The van der Waals surface area contributed by atoms with E-state index >= 15 is 0 Å². The number of piperidine rings is 1. The molecule has 1 aliphatic heterocycles. The minimum Gasteiger partial charge on any atom is -0.308 e. The molecule has 0 aromatic carbocycles. The summed E-state index contributed by atoms with van der Waals surface area (Å²) in [6, 6.07) is 0. The third-order valence-corrected chi connectivity index (χ3v) is 5.13. The van der Waals surface area contributed by atoms with Gasteiger partial charge in [-0.2, -0.15) is 0 Å². The maximum absolute atomic E-state index is 13.7. The van der Waals surface area contributed by atoms with Crippen LogP contribution in [0.3, 0.4) is 0 Å². The Morgan fingerprint density at radius 3 is 3.08 bits per heavy atom. The fraction of sp³-hybridized carbons (Fsp3) is 0.562. The van der Waals surface area contributed by atoms with E-state index in [9.17, 15) is 9.18 Å². The normalized spacial score (nSPS) is 19.1. The van der Waals surface area contributed by atoms with E-state index in [1.54, 1.807) is 6.20 Å². The molecule has 0 bridgehead atoms. The van der Waals surface area contributed by atoms with Gasteiger partial charge in [-0.3, -0.25) is 9.78 Å². The van der Waals surface area contributed by atoms with Crippen LogP contribution in [0.4, 0.5) is 9.52 Å². The average Bonchev–Trinajstić information content (AvgIpc) is 2.97. The van der Waals surface area contributed by atoms with Crippen molar-refractivity contribution in [3.05, 3.63) is 18.2 Å². The topological polar surface area (TPSA) is 61.4 Å². The van der Waals surface area contributed by atoms with Gasteiger partial charge in [0.05, 0.1) is 16.8 Å². The van der Waals surface area contributed by atoms with E-state index in [-0.39, 0.29) is 17.3 Å². The zero-order chi connectivity index (χ0) is 17.1. The number of likely N-dealkylation sites (N-methyl/N-ethyl adjacent to an activating group) is 1. The van der Waals surface area contributed by atoms with Crippen LogP contribution < -0.4 is 5.32 Å². The number of nitrogens with one attached hydrogen (secondary N) is 1. The first-order chi connectivity index (χ1) is 11.5. The van der Waals surface area contributed by atoms with Gasteiger partial charge in [-0.05, 0) is 33.5 Å². The number of carbonyl (C=O) groups is 1. The summed E-state index contributed by atoms with van der Waals surface area (Å²) in [5.74, 6) is -0.537. The van der Waals surface area contributed by atoms with Gasteiger partial charge in [-0.1, -0.05) is 11.3 Å². The second kappa shape index (κ2) is 7.50. The molecule has 3 rings (SSSR count). The molecule has 3 heterocycles. The number of pyridine rings is 1. The molecule has 2 aromatic rings. The van der Waals surface area contributed by atoms with Crippen molar-refractivity contribution in [2.45, 2.75) is 12.8 Å². The molecule has 1 aliphatic rings. The number of hydrogen-bond donors (Lipinski definition) is 1. The first-order valence-electron chi connectivity index (χ1n) is 8.11. The van der Waals surface area contributed by atoms with Crippen molar-refractivity contribution < 1.29 is 9.18 Å². The molecule has 6 nitrogen and oxygen atoms in total. The highest BCUT2D eigenvalue weighted by Crippen LogP contribution is 2.27. The van der Waals surface area contributed by atoms with Gasteiger partial charge in [0.2, 0.25) is 5.91 Å². The SMILES string of the molecule is CN(C)CCN1CCCC(C(=O)Nc2nc3c(F)cncc3s2)C1. The Balaban J connectivity index is 1.62. The lowest BCUT2D eigenvalue weighted by Gasteiger charge is -2.32. The Labute approximate surface area is 144 Å². The van der Waals surface area contributed by atoms with Crippen molar-refractivity contribution in [2.75, 3.05) is 45.6 Å². The van der Waals surface area contributed by atoms with Crippen molar-refractivity contribution in [1.82, 2.24) is 19.8 Å². The molecule has 1 fully saturated rings. The molecular formula is C16H22FN5OS. The van der Waals surface area contributed by atoms with Gasteiger partial charge in [0, 0.05) is 25.8 Å². The van der Waals surface area contributed by atoms with E-state index in [2.05, 4.69) is 39.2 Å². The number of likely N-dealkylation sites (tertiary alicyclic amines) is 1. The van der Waals surface area contributed by atoms with Crippen molar-refractivity contribution >= 4 is 32.6 Å². The summed E-state index contributed by atoms with van der Waals surface area (Å²) in [6.45, 7) is 3.75. The Hall–Kier alpha value is -1.64. The summed E-state index contributed by atoms with van der Waals surface area (Å²) in [5, 5.41) is 3.29. The van der Waals surface area contributed by atoms with Gasteiger partial charge in [0.25, 0.3) is 0 Å². The number of amides is 1. The van der Waals surface area contributed by atoms with E-state index < -0.39 is 5.82 Å². The molecule has 130 valence electrons. The number of fused-ring (bicyclic) bond motifs is 1. The quantitative estimate of drug-likeness (QED) is 0.893. The number of carbonyl (C=O) groups excluding carboxylic acids is 1. The molecule has 8 heteroatoms. The van der Waals surface area contributed by atoms with Crippen LogP contribution in [0.2, 0.25) is 0 Å². The van der Waals surface area contributed by atoms with Gasteiger partial charge in [0.15, 0.2) is 10.9 Å². The molecule has 0 spiro atoms. The average molecular weight is 351 g/mol. The largest absolute Gasteiger partial charge is 0.308 e. The van der Waals surface area contributed by atoms with Crippen LogP contribution in [-0.4, -0.2) is 65.9 Å². The molecule has 1 N–H and O–H groups in total. The number of rotatable bonds is 5. The molecule has 0 saturated carbocycles. The third-order valence-electron chi connectivity index (χ3n) is 4.23. The number of aromatic nitrogens is 2. The van der Waals surface area contributed by atoms with E-state index in [1.807, 2.05) is 0 Å². The Kier molecular flexibility index (Phi) is 5.37. The predicted octanol–water partition coefficient (Wildman–Crippen LogP) is 2.04. The highest BCUT2D eigenvalue weighted by Gasteiger charge is 2.26. The smallest absolute Gasteiger partial charge is 0.230 e. The summed E-state index contributed by atoms with van der Waals surface area (Å²) < 4.78 is 14.3. The maximum Gasteiger partial charge on any atom is 0.230 e. The molecule has 0 aliphatic carbocycles. The minimum atomic E-state index is -0.461. The Bertz CT molecular complexity index is 720. The summed E-state index contributed by atoms with van der Waals surface area (Å²) in [4.78, 5) is 25.0. The second-order valence-electron chi connectivity index (χ2n) is 6.42. The van der Waals surface area contributed by atoms with Gasteiger partial charge in [0.1, 0.15) is 5.52 Å². The fourth-order valence-corrected chi connectivity index (χ4v) is 3.75. The van der Waals surface area contributed by atoms with Crippen molar-refractivity contribution in [2.24, 2.45) is 5.92 Å². The summed E-state index contributed by atoms with van der Waals surface area (Å²) >= 11 is 1.25. The van der Waals surface area contributed by atoms with Crippen molar-refractivity contribution in [3.8, 4) is 0 Å². The van der Waals surface area contributed by atoms with E-state index in [4.69, 9.17) is 0 Å². The van der Waals surface area contributed by atoms with Crippen LogP contribution in [-0.2, 0) is 4.79 Å². The molecule has 1 atom stereocenters. The molecule has 1 saturated heterocycles. The highest BCUT2D eigenvalue weighted by molar-refractivity contribution is 7.22. The predicted molar refractivity (Wildman–Crippen MR) is 93.7 cm³/mol. The van der Waals surface area contributed by atoms with Gasteiger partial charge >= 0.3 is 0 Å². The van der Waals surface area contributed by atoms with Crippen LogP contribution in [0.15, 0.2) is 12.4 Å². The Morgan fingerprint density at radius 1 is 1.50 bits per heavy atom. The van der Waals surface area contributed by atoms with E-state index in [1.165, 1.54) is 11.3 Å². The summed E-state index contributed by atoms with van der Waals surface area (Å²) in [5.41, 5.74) is 0.265. The molecular weight excluding hydrogens is 329 g/mol. The third kappa shape index (κ3) is 4.06. The molecule has 1 amide bonds. The van der Waals surface area contributed by atoms with Gasteiger partial charge in [-0.15, -0.1) is 0 Å². The number of anilines is 1. The van der Waals surface area contributed by atoms with Gasteiger partial charge < -0.3 is 15.1 Å². The molecule has 24 heavy (non-hydrogen) atoms. The van der Waals surface area contributed by atoms with Crippen molar-refractivity contribution in [1.29, 1.82) is 0 Å². The number of hydrogen-bond acceptors (Lipinski definition) is 6. The van der Waals surface area contributed by atoms with E-state index in [0.717, 1.165) is 45.2 Å². The highest BCUT2D eigenvalue weighted by atomic mass is 32.1. The number of thiazole rings is 1. The maximum atomic E-state index is 13.7. The second-order valence-corrected chi connectivity index (χ2v) is 7.45. The summed E-state index contributed by atoms with van der Waals surface area (Å²) in [7, 11) is 4.10. The standard InChI is InChI=1S/C16H22FN5OS/c1-21(2)6-7-22-5-3-4-11(10-22)15(23)20-16-19-14-12(17)8-18-9-13(14)24-16/h8-9,11H,3-7,10H2,1-2H3,(H,19,20,23). The molecule has 0 radical (unpaired) electrons. The van der Waals surface area contributed by atoms with Crippen LogP contribution >= 0.6 is 11.3 Å². The zero-order valence-electron chi connectivity index (χ0n) is 14.0. The number of nitrogens with zero attached hydrogens (tertiary/aromatic N) is 4. The lowest BCUT2D eigenvalue weighted by molar-refractivity contribution is -0.121. The zero-order valence-corrected chi connectivity index (χ0v) is 14.8. The monoisotopic (exact) mass is 351 g/mol. The van der Waals surface area contributed by atoms with E-state index in [0.29, 0.717) is 9.83 Å². The molecule has 2 aromatic heterocycles. The number of halogens is 1. The first-order valence-corrected chi connectivity index (χ1v) is 8.92.